The van der Waals surface area contributed by atoms with Crippen LogP contribution in [0, 0.1) is 5.82 Å². The molecule has 11 heteroatoms. The van der Waals surface area contributed by atoms with Gasteiger partial charge in [0.05, 0.1) is 4.90 Å². The highest BCUT2D eigenvalue weighted by atomic mass is 32.2. The predicted octanol–water partition coefficient (Wildman–Crippen LogP) is 2.29. The van der Waals surface area contributed by atoms with Gasteiger partial charge in [-0.25, -0.2) is 12.8 Å². The molecule has 31 heavy (non-hydrogen) atoms. The number of carbonyl (C=O) groups excluding carboxylic acids is 1. The summed E-state index contributed by atoms with van der Waals surface area (Å²) in [5, 5.41) is 14.4. The molecular formula is C20H21FN6O3S. The second kappa shape index (κ2) is 8.90. The number of aromatic nitrogens is 4. The Bertz CT molecular complexity index is 1190. The van der Waals surface area contributed by atoms with Crippen molar-refractivity contribution in [2.24, 2.45) is 0 Å². The molecule has 0 atom stereocenters. The van der Waals surface area contributed by atoms with E-state index in [1.165, 1.54) is 34.6 Å². The van der Waals surface area contributed by atoms with E-state index in [0.29, 0.717) is 24.3 Å². The highest BCUT2D eigenvalue weighted by molar-refractivity contribution is 7.89. The Morgan fingerprint density at radius 3 is 2.61 bits per heavy atom. The van der Waals surface area contributed by atoms with E-state index in [2.05, 4.69) is 20.7 Å². The maximum atomic E-state index is 13.4. The summed E-state index contributed by atoms with van der Waals surface area (Å²) in [6, 6.07) is 11.9. The fraction of sp³-hybridized carbons (Fsp3) is 0.300. The van der Waals surface area contributed by atoms with Crippen LogP contribution >= 0.6 is 0 Å². The first-order chi connectivity index (χ1) is 14.9. The molecule has 162 valence electrons. The van der Waals surface area contributed by atoms with Crippen LogP contribution in [0.3, 0.4) is 0 Å². The lowest BCUT2D eigenvalue weighted by atomic mass is 10.2. The molecule has 1 aliphatic heterocycles. The summed E-state index contributed by atoms with van der Waals surface area (Å²) in [4.78, 5) is 13.6. The molecular weight excluding hydrogens is 423 g/mol. The highest BCUT2D eigenvalue weighted by Gasteiger charge is 2.26. The first-order valence-electron chi connectivity index (χ1n) is 9.86. The Kier molecular flexibility index (Phi) is 6.05. The molecule has 1 fully saturated rings. The minimum atomic E-state index is -3.60. The number of nitrogens with zero attached hydrogens (tertiary/aromatic N) is 5. The minimum Gasteiger partial charge on any atom is -0.324 e. The molecule has 1 saturated heterocycles. The summed E-state index contributed by atoms with van der Waals surface area (Å²) in [6.45, 7) is 0.778. The summed E-state index contributed by atoms with van der Waals surface area (Å²) in [6.07, 6.45) is 2.72. The van der Waals surface area contributed by atoms with E-state index in [9.17, 15) is 17.6 Å². The smallest absolute Gasteiger partial charge is 0.248 e. The van der Waals surface area contributed by atoms with Crippen LogP contribution in [0.2, 0.25) is 0 Å². The third-order valence-corrected chi connectivity index (χ3v) is 6.79. The van der Waals surface area contributed by atoms with Gasteiger partial charge in [0.1, 0.15) is 12.4 Å². The number of halogens is 1. The maximum Gasteiger partial charge on any atom is 0.248 e. The molecule has 0 saturated carbocycles. The zero-order valence-corrected chi connectivity index (χ0v) is 17.4. The number of anilines is 1. The lowest BCUT2D eigenvalue weighted by Gasteiger charge is -2.26. The molecule has 2 heterocycles. The summed E-state index contributed by atoms with van der Waals surface area (Å²) in [5.74, 6) is -0.677. The van der Waals surface area contributed by atoms with Gasteiger partial charge in [0.2, 0.25) is 21.8 Å². The number of hydrogen-bond donors (Lipinski definition) is 1. The number of sulfonamides is 1. The van der Waals surface area contributed by atoms with E-state index >= 15 is 0 Å². The van der Waals surface area contributed by atoms with Crippen LogP contribution in [-0.4, -0.2) is 51.9 Å². The summed E-state index contributed by atoms with van der Waals surface area (Å²) >= 11 is 0. The van der Waals surface area contributed by atoms with Gasteiger partial charge in [0.15, 0.2) is 0 Å². The zero-order valence-electron chi connectivity index (χ0n) is 16.6. The maximum absolute atomic E-state index is 13.4. The second-order valence-electron chi connectivity index (χ2n) is 7.19. The lowest BCUT2D eigenvalue weighted by Crippen LogP contribution is -2.35. The lowest BCUT2D eigenvalue weighted by molar-refractivity contribution is -0.117. The van der Waals surface area contributed by atoms with Crippen molar-refractivity contribution in [1.29, 1.82) is 0 Å². The molecule has 0 spiro atoms. The molecule has 0 bridgehead atoms. The monoisotopic (exact) mass is 444 g/mol. The fourth-order valence-corrected chi connectivity index (χ4v) is 4.93. The van der Waals surface area contributed by atoms with Crippen molar-refractivity contribution in [3.8, 4) is 11.4 Å². The number of amides is 1. The van der Waals surface area contributed by atoms with Gasteiger partial charge in [-0.3, -0.25) is 4.79 Å². The third kappa shape index (κ3) is 4.94. The van der Waals surface area contributed by atoms with Gasteiger partial charge in [-0.1, -0.05) is 24.6 Å². The number of carbonyl (C=O) groups is 1. The van der Waals surface area contributed by atoms with Crippen molar-refractivity contribution >= 4 is 21.6 Å². The van der Waals surface area contributed by atoms with Gasteiger partial charge in [-0.15, -0.1) is 10.2 Å². The molecule has 0 radical (unpaired) electrons. The first-order valence-corrected chi connectivity index (χ1v) is 11.3. The standard InChI is InChI=1S/C20H21FN6O3S/c21-16-7-4-6-15(12-16)20-23-25-27(24-20)14-19(28)22-17-8-5-9-18(13-17)31(29,30)26-10-2-1-3-11-26/h4-9,12-13H,1-3,10-11,14H2,(H,22,28). The van der Waals surface area contributed by atoms with E-state index < -0.39 is 21.7 Å². The summed E-state index contributed by atoms with van der Waals surface area (Å²) in [7, 11) is -3.60. The van der Waals surface area contributed by atoms with Crippen molar-refractivity contribution in [3.63, 3.8) is 0 Å². The predicted molar refractivity (Wildman–Crippen MR) is 111 cm³/mol. The molecule has 3 aromatic rings. The minimum absolute atomic E-state index is 0.138. The number of rotatable bonds is 6. The first kappa shape index (κ1) is 21.1. The Hall–Kier alpha value is -3.18. The van der Waals surface area contributed by atoms with Crippen LogP contribution in [0.15, 0.2) is 53.4 Å². The van der Waals surface area contributed by atoms with E-state index in [1.807, 2.05) is 0 Å². The van der Waals surface area contributed by atoms with Crippen LogP contribution in [-0.2, 0) is 21.4 Å². The van der Waals surface area contributed by atoms with E-state index in [4.69, 9.17) is 0 Å². The fourth-order valence-electron chi connectivity index (χ4n) is 3.37. The molecule has 1 N–H and O–H groups in total. The van der Waals surface area contributed by atoms with Crippen LogP contribution < -0.4 is 5.32 Å². The molecule has 0 unspecified atom stereocenters. The van der Waals surface area contributed by atoms with Gasteiger partial charge in [-0.05, 0) is 48.4 Å². The quantitative estimate of drug-likeness (QED) is 0.625. The number of nitrogens with one attached hydrogen (secondary N) is 1. The van der Waals surface area contributed by atoms with Gasteiger partial charge in [0.25, 0.3) is 0 Å². The van der Waals surface area contributed by atoms with Gasteiger partial charge in [0, 0.05) is 24.3 Å². The molecule has 9 nitrogen and oxygen atoms in total. The Morgan fingerprint density at radius 2 is 1.84 bits per heavy atom. The SMILES string of the molecule is O=C(Cn1nnc(-c2cccc(F)c2)n1)Nc1cccc(S(=O)(=O)N2CCCCC2)c1. The third-order valence-electron chi connectivity index (χ3n) is 4.89. The van der Waals surface area contributed by atoms with Crippen molar-refractivity contribution in [2.75, 3.05) is 18.4 Å². The van der Waals surface area contributed by atoms with E-state index in [0.717, 1.165) is 24.1 Å². The van der Waals surface area contributed by atoms with Crippen molar-refractivity contribution < 1.29 is 17.6 Å². The average molecular weight is 444 g/mol. The normalized spacial score (nSPS) is 15.0. The van der Waals surface area contributed by atoms with Crippen molar-refractivity contribution in [1.82, 2.24) is 24.5 Å². The molecule has 1 aromatic heterocycles. The van der Waals surface area contributed by atoms with Gasteiger partial charge >= 0.3 is 0 Å². The molecule has 1 amide bonds. The number of hydrogen-bond acceptors (Lipinski definition) is 6. The average Bonchev–Trinajstić information content (AvgIpc) is 3.23. The molecule has 0 aliphatic carbocycles. The van der Waals surface area contributed by atoms with Crippen LogP contribution in [0.25, 0.3) is 11.4 Å². The van der Waals surface area contributed by atoms with Crippen LogP contribution in [0.5, 0.6) is 0 Å². The van der Waals surface area contributed by atoms with Gasteiger partial charge < -0.3 is 5.32 Å². The summed E-state index contributed by atoms with van der Waals surface area (Å²) in [5.41, 5.74) is 0.802. The van der Waals surface area contributed by atoms with Crippen molar-refractivity contribution in [2.45, 2.75) is 30.7 Å². The van der Waals surface area contributed by atoms with Gasteiger partial charge in [-0.2, -0.15) is 9.10 Å². The highest BCUT2D eigenvalue weighted by Crippen LogP contribution is 2.23. The van der Waals surface area contributed by atoms with Crippen molar-refractivity contribution in [3.05, 3.63) is 54.3 Å². The second-order valence-corrected chi connectivity index (χ2v) is 9.13. The Morgan fingerprint density at radius 1 is 1.06 bits per heavy atom. The van der Waals surface area contributed by atoms with Crippen LogP contribution in [0.4, 0.5) is 10.1 Å². The molecule has 2 aromatic carbocycles. The van der Waals surface area contributed by atoms with E-state index in [1.54, 1.807) is 18.2 Å². The Balaban J connectivity index is 1.43. The van der Waals surface area contributed by atoms with Crippen LogP contribution in [0.1, 0.15) is 19.3 Å². The largest absolute Gasteiger partial charge is 0.324 e. The Labute approximate surface area is 178 Å². The zero-order chi connectivity index (χ0) is 21.8. The number of benzene rings is 2. The summed E-state index contributed by atoms with van der Waals surface area (Å²) < 4.78 is 40.5. The number of tetrazole rings is 1. The molecule has 4 rings (SSSR count). The molecule has 1 aliphatic rings. The number of piperidine rings is 1. The topological polar surface area (TPSA) is 110 Å². The van der Waals surface area contributed by atoms with E-state index in [-0.39, 0.29) is 17.3 Å².